The zero-order valence-corrected chi connectivity index (χ0v) is 12.8. The first-order valence-electron chi connectivity index (χ1n) is 7.65. The minimum Gasteiger partial charge on any atom is -0.468 e. The summed E-state index contributed by atoms with van der Waals surface area (Å²) in [5, 5.41) is 2.63. The summed E-state index contributed by atoms with van der Waals surface area (Å²) in [7, 11) is 0. The zero-order chi connectivity index (χ0) is 17.2. The third-order valence-corrected chi connectivity index (χ3v) is 3.84. The topological polar surface area (TPSA) is 45.5 Å². The van der Waals surface area contributed by atoms with Crippen molar-refractivity contribution >= 4 is 11.6 Å². The van der Waals surface area contributed by atoms with E-state index in [0.717, 1.165) is 30.7 Å². The molecule has 7 heteroatoms. The van der Waals surface area contributed by atoms with Gasteiger partial charge in [-0.2, -0.15) is 13.2 Å². The number of halogens is 3. The lowest BCUT2D eigenvalue weighted by Gasteiger charge is -2.20. The summed E-state index contributed by atoms with van der Waals surface area (Å²) in [5.74, 6) is 0.525. The minimum absolute atomic E-state index is 0.173. The molecule has 4 nitrogen and oxygen atoms in total. The fourth-order valence-electron chi connectivity index (χ4n) is 2.48. The van der Waals surface area contributed by atoms with Gasteiger partial charge in [-0.05, 0) is 49.2 Å². The van der Waals surface area contributed by atoms with Crippen molar-refractivity contribution in [3.05, 3.63) is 54.0 Å². The zero-order valence-electron chi connectivity index (χ0n) is 12.8. The quantitative estimate of drug-likeness (QED) is 0.869. The first kappa shape index (κ1) is 16.6. The van der Waals surface area contributed by atoms with Crippen LogP contribution >= 0.6 is 0 Å². The largest absolute Gasteiger partial charge is 0.468 e. The van der Waals surface area contributed by atoms with Crippen LogP contribution in [0, 0.1) is 0 Å². The lowest BCUT2D eigenvalue weighted by atomic mass is 10.2. The Morgan fingerprint density at radius 3 is 2.46 bits per heavy atom. The number of carbonyl (C=O) groups is 1. The van der Waals surface area contributed by atoms with E-state index in [-0.39, 0.29) is 12.5 Å². The van der Waals surface area contributed by atoms with Crippen LogP contribution in [-0.2, 0) is 17.5 Å². The maximum Gasteiger partial charge on any atom is 0.416 e. The molecule has 0 spiro atoms. The fraction of sp³-hybridized carbons (Fsp3) is 0.353. The van der Waals surface area contributed by atoms with Gasteiger partial charge in [-0.3, -0.25) is 9.69 Å². The Balaban J connectivity index is 1.57. The lowest BCUT2D eigenvalue weighted by molar-refractivity contribution is -0.137. The molecule has 128 valence electrons. The average molecular weight is 338 g/mol. The number of carbonyl (C=O) groups excluding carboxylic acids is 1. The number of benzene rings is 1. The van der Waals surface area contributed by atoms with E-state index in [1.165, 1.54) is 12.1 Å². The van der Waals surface area contributed by atoms with Crippen LogP contribution in [0.15, 0.2) is 47.1 Å². The molecule has 1 aliphatic rings. The Kier molecular flexibility index (Phi) is 4.62. The van der Waals surface area contributed by atoms with Gasteiger partial charge in [0.15, 0.2) is 0 Å². The molecule has 3 rings (SSSR count). The number of nitrogens with zero attached hydrogens (tertiary/aromatic N) is 1. The predicted molar refractivity (Wildman–Crippen MR) is 82.2 cm³/mol. The van der Waals surface area contributed by atoms with Crippen molar-refractivity contribution in [2.45, 2.75) is 31.6 Å². The Morgan fingerprint density at radius 2 is 1.92 bits per heavy atom. The standard InChI is InChI=1S/C17H17F3N2O2/c18-17(19,20)12-3-5-13(6-4-12)21-16(23)11-22(14-7-8-14)10-15-2-1-9-24-15/h1-6,9,14H,7-8,10-11H2,(H,21,23). The van der Waals surface area contributed by atoms with E-state index >= 15 is 0 Å². The highest BCUT2D eigenvalue weighted by atomic mass is 19.4. The summed E-state index contributed by atoms with van der Waals surface area (Å²) in [6.45, 7) is 0.713. The molecule has 0 atom stereocenters. The second-order valence-corrected chi connectivity index (χ2v) is 5.84. The van der Waals surface area contributed by atoms with Crippen molar-refractivity contribution in [2.75, 3.05) is 11.9 Å². The third-order valence-electron chi connectivity index (χ3n) is 3.84. The van der Waals surface area contributed by atoms with Crippen LogP contribution in [0.1, 0.15) is 24.2 Å². The maximum atomic E-state index is 12.5. The van der Waals surface area contributed by atoms with Crippen LogP contribution in [0.25, 0.3) is 0 Å². The summed E-state index contributed by atoms with van der Waals surface area (Å²) >= 11 is 0. The van der Waals surface area contributed by atoms with Gasteiger partial charge in [0.05, 0.1) is 24.9 Å². The number of anilines is 1. The summed E-state index contributed by atoms with van der Waals surface area (Å²) < 4.78 is 42.9. The number of rotatable bonds is 6. The van der Waals surface area contributed by atoms with E-state index in [4.69, 9.17) is 4.42 Å². The van der Waals surface area contributed by atoms with Crippen molar-refractivity contribution in [3.63, 3.8) is 0 Å². The molecule has 1 fully saturated rings. The second-order valence-electron chi connectivity index (χ2n) is 5.84. The van der Waals surface area contributed by atoms with E-state index < -0.39 is 11.7 Å². The van der Waals surface area contributed by atoms with Crippen molar-refractivity contribution in [2.24, 2.45) is 0 Å². The van der Waals surface area contributed by atoms with E-state index in [0.29, 0.717) is 18.3 Å². The van der Waals surface area contributed by atoms with Crippen LogP contribution in [-0.4, -0.2) is 23.4 Å². The molecule has 0 radical (unpaired) electrons. The highest BCUT2D eigenvalue weighted by Crippen LogP contribution is 2.30. The molecule has 1 amide bonds. The van der Waals surface area contributed by atoms with Gasteiger partial charge in [0.2, 0.25) is 5.91 Å². The monoisotopic (exact) mass is 338 g/mol. The molecule has 1 N–H and O–H groups in total. The molecule has 0 unspecified atom stereocenters. The molecule has 0 saturated heterocycles. The van der Waals surface area contributed by atoms with Gasteiger partial charge in [0.1, 0.15) is 5.76 Å². The molecule has 1 heterocycles. The Hall–Kier alpha value is -2.28. The van der Waals surface area contributed by atoms with Gasteiger partial charge in [0, 0.05) is 11.7 Å². The molecule has 1 aromatic heterocycles. The van der Waals surface area contributed by atoms with Crippen LogP contribution < -0.4 is 5.32 Å². The molecule has 2 aromatic rings. The Bertz CT molecular complexity index is 677. The summed E-state index contributed by atoms with van der Waals surface area (Å²) in [4.78, 5) is 14.2. The lowest BCUT2D eigenvalue weighted by Crippen LogP contribution is -2.34. The van der Waals surface area contributed by atoms with Gasteiger partial charge in [0.25, 0.3) is 0 Å². The Labute approximate surface area is 137 Å². The summed E-state index contributed by atoms with van der Waals surface area (Å²) in [6, 6.07) is 8.43. The van der Waals surface area contributed by atoms with E-state index in [1.807, 2.05) is 11.0 Å². The van der Waals surface area contributed by atoms with Crippen LogP contribution in [0.5, 0.6) is 0 Å². The molecule has 0 bridgehead atoms. The number of furan rings is 1. The average Bonchev–Trinajstić information content (AvgIpc) is 3.24. The molecule has 24 heavy (non-hydrogen) atoms. The SMILES string of the molecule is O=C(CN(Cc1ccco1)C1CC1)Nc1ccc(C(F)(F)F)cc1. The number of nitrogens with one attached hydrogen (secondary N) is 1. The van der Waals surface area contributed by atoms with Crippen LogP contribution in [0.4, 0.5) is 18.9 Å². The molecular formula is C17H17F3N2O2. The normalized spacial score (nSPS) is 14.8. The van der Waals surface area contributed by atoms with Gasteiger partial charge < -0.3 is 9.73 Å². The van der Waals surface area contributed by atoms with Crippen molar-refractivity contribution in [3.8, 4) is 0 Å². The number of amides is 1. The van der Waals surface area contributed by atoms with Crippen LogP contribution in [0.3, 0.4) is 0 Å². The van der Waals surface area contributed by atoms with E-state index in [9.17, 15) is 18.0 Å². The smallest absolute Gasteiger partial charge is 0.416 e. The first-order valence-corrected chi connectivity index (χ1v) is 7.65. The maximum absolute atomic E-state index is 12.5. The summed E-state index contributed by atoms with van der Waals surface area (Å²) in [5.41, 5.74) is -0.389. The van der Waals surface area contributed by atoms with E-state index in [2.05, 4.69) is 5.32 Å². The van der Waals surface area contributed by atoms with Crippen molar-refractivity contribution in [1.29, 1.82) is 0 Å². The highest BCUT2D eigenvalue weighted by molar-refractivity contribution is 5.92. The first-order chi connectivity index (χ1) is 11.4. The third kappa shape index (κ3) is 4.38. The van der Waals surface area contributed by atoms with Crippen molar-refractivity contribution in [1.82, 2.24) is 4.90 Å². The molecule has 1 aliphatic carbocycles. The van der Waals surface area contributed by atoms with Gasteiger partial charge in [-0.25, -0.2) is 0 Å². The molecule has 1 saturated carbocycles. The number of hydrogen-bond acceptors (Lipinski definition) is 3. The number of hydrogen-bond donors (Lipinski definition) is 1. The molecule has 1 aromatic carbocycles. The molecular weight excluding hydrogens is 321 g/mol. The molecule has 0 aliphatic heterocycles. The minimum atomic E-state index is -4.38. The van der Waals surface area contributed by atoms with E-state index in [1.54, 1.807) is 12.3 Å². The van der Waals surface area contributed by atoms with Crippen LogP contribution in [0.2, 0.25) is 0 Å². The van der Waals surface area contributed by atoms with Gasteiger partial charge in [-0.15, -0.1) is 0 Å². The highest BCUT2D eigenvalue weighted by Gasteiger charge is 2.31. The Morgan fingerprint density at radius 1 is 1.21 bits per heavy atom. The van der Waals surface area contributed by atoms with Gasteiger partial charge in [-0.1, -0.05) is 0 Å². The van der Waals surface area contributed by atoms with Crippen molar-refractivity contribution < 1.29 is 22.4 Å². The second kappa shape index (κ2) is 6.68. The fourth-order valence-corrected chi connectivity index (χ4v) is 2.48. The predicted octanol–water partition coefficient (Wildman–Crippen LogP) is 3.90. The number of alkyl halides is 3. The summed E-state index contributed by atoms with van der Waals surface area (Å²) in [6.07, 6.45) is -0.723. The van der Waals surface area contributed by atoms with Gasteiger partial charge >= 0.3 is 6.18 Å².